The molecular formula is C27H18ClN3O4. The van der Waals surface area contributed by atoms with Crippen molar-refractivity contribution in [3.63, 3.8) is 0 Å². The lowest BCUT2D eigenvalue weighted by Gasteiger charge is -2.12. The quantitative estimate of drug-likeness (QED) is 0.240. The number of benzene rings is 3. The van der Waals surface area contributed by atoms with Gasteiger partial charge in [0.2, 0.25) is 5.82 Å². The molecule has 0 aliphatic carbocycles. The number of ether oxygens (including phenoxy) is 2. The maximum Gasteiger partial charge on any atom is 0.282 e. The van der Waals surface area contributed by atoms with Crippen LogP contribution in [0.1, 0.15) is 5.56 Å². The van der Waals surface area contributed by atoms with Gasteiger partial charge in [-0.25, -0.2) is 4.98 Å². The zero-order valence-corrected chi connectivity index (χ0v) is 19.3. The topological polar surface area (TPSA) is 78.9 Å². The summed E-state index contributed by atoms with van der Waals surface area (Å²) >= 11 is 6.26. The van der Waals surface area contributed by atoms with E-state index < -0.39 is 0 Å². The van der Waals surface area contributed by atoms with Crippen molar-refractivity contribution in [2.75, 3.05) is 13.7 Å². The van der Waals surface area contributed by atoms with Gasteiger partial charge in [-0.1, -0.05) is 47.9 Å². The number of rotatable bonds is 6. The van der Waals surface area contributed by atoms with Crippen LogP contribution in [0.5, 0.6) is 11.5 Å². The summed E-state index contributed by atoms with van der Waals surface area (Å²) in [7, 11) is 1.49. The minimum atomic E-state index is -0.359. The first-order chi connectivity index (χ1) is 17.1. The third-order valence-corrected chi connectivity index (χ3v) is 5.50. The molecule has 7 nitrogen and oxygen atoms in total. The Kier molecular flexibility index (Phi) is 5.96. The molecule has 0 radical (unpaired) electrons. The van der Waals surface area contributed by atoms with Crippen molar-refractivity contribution in [2.45, 2.75) is 0 Å². The van der Waals surface area contributed by atoms with Crippen LogP contribution in [-0.4, -0.2) is 29.6 Å². The van der Waals surface area contributed by atoms with Gasteiger partial charge in [0.25, 0.3) is 5.56 Å². The Hall–Kier alpha value is -4.54. The third kappa shape index (κ3) is 4.23. The summed E-state index contributed by atoms with van der Waals surface area (Å²) in [6.45, 7) is 0.0144. The van der Waals surface area contributed by atoms with Crippen molar-refractivity contribution in [2.24, 2.45) is 5.10 Å². The molecule has 0 amide bonds. The van der Waals surface area contributed by atoms with Crippen molar-refractivity contribution < 1.29 is 13.9 Å². The van der Waals surface area contributed by atoms with Crippen molar-refractivity contribution in [3.8, 4) is 35.4 Å². The highest BCUT2D eigenvalue weighted by Crippen LogP contribution is 2.34. The summed E-state index contributed by atoms with van der Waals surface area (Å²) in [5, 5.41) is 6.16. The number of hydrogen-bond acceptors (Lipinski definition) is 6. The molecule has 0 aliphatic heterocycles. The summed E-state index contributed by atoms with van der Waals surface area (Å²) in [5.74, 6) is 3.81. The van der Waals surface area contributed by atoms with Crippen LogP contribution in [0, 0.1) is 12.3 Å². The minimum absolute atomic E-state index is 0.0144. The zero-order chi connectivity index (χ0) is 24.4. The molecular weight excluding hydrogens is 466 g/mol. The lowest BCUT2D eigenvalue weighted by Crippen LogP contribution is -2.20. The van der Waals surface area contributed by atoms with Crippen LogP contribution in [-0.2, 0) is 0 Å². The highest BCUT2D eigenvalue weighted by molar-refractivity contribution is 6.31. The zero-order valence-electron chi connectivity index (χ0n) is 18.6. The molecule has 3 aromatic carbocycles. The van der Waals surface area contributed by atoms with Crippen LogP contribution in [0.4, 0.5) is 0 Å². The molecule has 0 unspecified atom stereocenters. The molecule has 0 saturated carbocycles. The number of furan rings is 1. The molecule has 0 spiro atoms. The first kappa shape index (κ1) is 22.3. The standard InChI is InChI=1S/C27H18ClN3O4/c1-3-12-34-25-18(13-19(28)15-23(25)33-2)16-29-31-26(24-14-17-8-4-7-11-22(17)35-24)30-21-10-6-5-9-20(21)27(31)32/h1,4-11,13-16H,12H2,2H3. The average Bonchev–Trinajstić information content (AvgIpc) is 3.31. The molecule has 0 N–H and O–H groups in total. The predicted molar refractivity (Wildman–Crippen MR) is 137 cm³/mol. The molecule has 0 saturated heterocycles. The molecule has 0 fully saturated rings. The molecule has 2 heterocycles. The number of fused-ring (bicyclic) bond motifs is 2. The number of nitrogens with zero attached hydrogens (tertiary/aromatic N) is 3. The van der Waals surface area contributed by atoms with E-state index in [0.717, 1.165) is 5.39 Å². The maximum absolute atomic E-state index is 13.5. The Labute approximate surface area is 205 Å². The minimum Gasteiger partial charge on any atom is -0.493 e. The third-order valence-electron chi connectivity index (χ3n) is 5.28. The van der Waals surface area contributed by atoms with Crippen molar-refractivity contribution in [1.29, 1.82) is 0 Å². The van der Waals surface area contributed by atoms with Crippen LogP contribution in [0.25, 0.3) is 33.5 Å². The fourth-order valence-corrected chi connectivity index (χ4v) is 3.92. The molecule has 172 valence electrons. The molecule has 0 aliphatic rings. The van der Waals surface area contributed by atoms with Crippen LogP contribution in [0.15, 0.2) is 81.0 Å². The van der Waals surface area contributed by atoms with Gasteiger partial charge in [-0.2, -0.15) is 9.78 Å². The van der Waals surface area contributed by atoms with E-state index in [2.05, 4.69) is 16.0 Å². The second kappa shape index (κ2) is 9.37. The molecule has 8 heteroatoms. The smallest absolute Gasteiger partial charge is 0.282 e. The van der Waals surface area contributed by atoms with E-state index >= 15 is 0 Å². The summed E-state index contributed by atoms with van der Waals surface area (Å²) < 4.78 is 18.3. The van der Waals surface area contributed by atoms with Gasteiger partial charge < -0.3 is 13.9 Å². The number of methoxy groups -OCH3 is 1. The Bertz CT molecular complexity index is 1660. The fourth-order valence-electron chi connectivity index (χ4n) is 3.71. The summed E-state index contributed by atoms with van der Waals surface area (Å²) in [6, 6.07) is 19.7. The lowest BCUT2D eigenvalue weighted by molar-refractivity contribution is 0.330. The summed E-state index contributed by atoms with van der Waals surface area (Å²) in [5.41, 5.74) is 1.31. The second-order valence-corrected chi connectivity index (χ2v) is 7.92. The Morgan fingerprint density at radius 1 is 1.17 bits per heavy atom. The average molecular weight is 484 g/mol. The van der Waals surface area contributed by atoms with E-state index in [-0.39, 0.29) is 18.0 Å². The van der Waals surface area contributed by atoms with E-state index in [1.807, 2.05) is 36.4 Å². The monoisotopic (exact) mass is 483 g/mol. The first-order valence-electron chi connectivity index (χ1n) is 10.6. The van der Waals surface area contributed by atoms with Gasteiger partial charge in [-0.3, -0.25) is 4.79 Å². The van der Waals surface area contributed by atoms with E-state index in [4.69, 9.17) is 31.9 Å². The second-order valence-electron chi connectivity index (χ2n) is 7.48. The van der Waals surface area contributed by atoms with E-state index in [1.54, 1.807) is 30.3 Å². The van der Waals surface area contributed by atoms with Gasteiger partial charge in [0.05, 0.1) is 24.2 Å². The summed E-state index contributed by atoms with van der Waals surface area (Å²) in [4.78, 5) is 18.1. The van der Waals surface area contributed by atoms with Gasteiger partial charge in [-0.05, 0) is 30.3 Å². The highest BCUT2D eigenvalue weighted by Gasteiger charge is 2.17. The summed E-state index contributed by atoms with van der Waals surface area (Å²) in [6.07, 6.45) is 6.81. The maximum atomic E-state index is 13.5. The first-order valence-corrected chi connectivity index (χ1v) is 11.0. The normalized spacial score (nSPS) is 11.2. The van der Waals surface area contributed by atoms with Gasteiger partial charge >= 0.3 is 0 Å². The number of aromatic nitrogens is 2. The van der Waals surface area contributed by atoms with Gasteiger partial charge in [-0.15, -0.1) is 6.42 Å². The van der Waals surface area contributed by atoms with E-state index in [9.17, 15) is 4.79 Å². The van der Waals surface area contributed by atoms with E-state index in [0.29, 0.717) is 44.3 Å². The Balaban J connectivity index is 1.72. The lowest BCUT2D eigenvalue weighted by atomic mass is 10.2. The van der Waals surface area contributed by atoms with Crippen LogP contribution in [0.3, 0.4) is 0 Å². The van der Waals surface area contributed by atoms with Crippen LogP contribution >= 0.6 is 11.6 Å². The molecule has 5 rings (SSSR count). The number of para-hydroxylation sites is 2. The highest BCUT2D eigenvalue weighted by atomic mass is 35.5. The number of halogens is 1. The number of hydrogen-bond donors (Lipinski definition) is 0. The van der Waals surface area contributed by atoms with Crippen LogP contribution < -0.4 is 15.0 Å². The largest absolute Gasteiger partial charge is 0.493 e. The molecule has 2 aromatic heterocycles. The van der Waals surface area contributed by atoms with Gasteiger partial charge in [0.1, 0.15) is 12.2 Å². The Morgan fingerprint density at radius 2 is 1.97 bits per heavy atom. The van der Waals surface area contributed by atoms with Crippen molar-refractivity contribution in [3.05, 3.63) is 87.7 Å². The molecule has 0 atom stereocenters. The Morgan fingerprint density at radius 3 is 2.77 bits per heavy atom. The van der Waals surface area contributed by atoms with Crippen LogP contribution in [0.2, 0.25) is 5.02 Å². The molecule has 0 bridgehead atoms. The van der Waals surface area contributed by atoms with Gasteiger partial charge in [0.15, 0.2) is 17.3 Å². The molecule has 5 aromatic rings. The predicted octanol–water partition coefficient (Wildman–Crippen LogP) is 5.37. The fraction of sp³-hybridized carbons (Fsp3) is 0.0741. The van der Waals surface area contributed by atoms with Crippen molar-refractivity contribution >= 4 is 39.7 Å². The molecule has 35 heavy (non-hydrogen) atoms. The van der Waals surface area contributed by atoms with E-state index in [1.165, 1.54) is 18.0 Å². The van der Waals surface area contributed by atoms with Crippen molar-refractivity contribution in [1.82, 2.24) is 9.66 Å². The number of terminal acetylenes is 1. The SMILES string of the molecule is C#CCOc1c(C=Nn2c(-c3cc4ccccc4o3)nc3ccccc3c2=O)cc(Cl)cc1OC. The van der Waals surface area contributed by atoms with Gasteiger partial charge in [0, 0.05) is 22.0 Å².